The van der Waals surface area contributed by atoms with Crippen molar-refractivity contribution in [2.75, 3.05) is 25.0 Å². The summed E-state index contributed by atoms with van der Waals surface area (Å²) in [5, 5.41) is 2.88. The largest absolute Gasteiger partial charge is 0.494 e. The molecule has 29 heavy (non-hydrogen) atoms. The first-order chi connectivity index (χ1) is 14.2. The van der Waals surface area contributed by atoms with Crippen LogP contribution in [-0.2, 0) is 0 Å². The number of benzene rings is 2. The van der Waals surface area contributed by atoms with E-state index < -0.39 is 0 Å². The molecule has 5 heteroatoms. The predicted octanol–water partition coefficient (Wildman–Crippen LogP) is 5.13. The van der Waals surface area contributed by atoms with Crippen LogP contribution < -0.4 is 10.1 Å². The molecule has 2 aromatic rings. The molecule has 154 valence electrons. The van der Waals surface area contributed by atoms with Gasteiger partial charge in [-0.1, -0.05) is 26.2 Å². The lowest BCUT2D eigenvalue weighted by Crippen LogP contribution is -2.31. The summed E-state index contributed by atoms with van der Waals surface area (Å²) in [6, 6.07) is 14.3. The quantitative estimate of drug-likeness (QED) is 0.662. The number of anilines is 1. The van der Waals surface area contributed by atoms with Gasteiger partial charge in [-0.15, -0.1) is 0 Å². The minimum absolute atomic E-state index is 0.0726. The smallest absolute Gasteiger partial charge is 0.255 e. The molecule has 2 aromatic carbocycles. The van der Waals surface area contributed by atoms with Gasteiger partial charge < -0.3 is 15.0 Å². The van der Waals surface area contributed by atoms with Crippen molar-refractivity contribution in [2.45, 2.75) is 45.4 Å². The van der Waals surface area contributed by atoms with Crippen LogP contribution in [-0.4, -0.2) is 36.4 Å². The van der Waals surface area contributed by atoms with E-state index in [0.717, 1.165) is 44.5 Å². The van der Waals surface area contributed by atoms with Gasteiger partial charge in [0.05, 0.1) is 6.61 Å². The number of nitrogens with zero attached hydrogens (tertiary/aromatic N) is 1. The molecule has 0 bridgehead atoms. The van der Waals surface area contributed by atoms with Crippen LogP contribution in [0, 0.1) is 0 Å². The van der Waals surface area contributed by atoms with E-state index in [1.165, 1.54) is 12.8 Å². The number of unbranched alkanes of at least 4 members (excludes halogenated alkanes) is 1. The zero-order valence-corrected chi connectivity index (χ0v) is 17.2. The molecular formula is C24H30N2O3. The molecule has 2 amide bonds. The van der Waals surface area contributed by atoms with Crippen molar-refractivity contribution in [1.29, 1.82) is 0 Å². The number of carbonyl (C=O) groups excluding carboxylic acids is 2. The van der Waals surface area contributed by atoms with Gasteiger partial charge in [0.25, 0.3) is 11.8 Å². The summed E-state index contributed by atoms with van der Waals surface area (Å²) >= 11 is 0. The van der Waals surface area contributed by atoms with Crippen LogP contribution in [0.4, 0.5) is 5.69 Å². The molecule has 0 aromatic heterocycles. The van der Waals surface area contributed by atoms with E-state index in [-0.39, 0.29) is 11.8 Å². The molecule has 0 saturated carbocycles. The Morgan fingerprint density at radius 1 is 0.897 bits per heavy atom. The van der Waals surface area contributed by atoms with Crippen LogP contribution in [0.3, 0.4) is 0 Å². The maximum absolute atomic E-state index is 12.7. The molecule has 1 fully saturated rings. The van der Waals surface area contributed by atoms with Gasteiger partial charge in [-0.25, -0.2) is 0 Å². The lowest BCUT2D eigenvalue weighted by molar-refractivity contribution is 0.0761. The number of ether oxygens (including phenoxy) is 1. The SMILES string of the molecule is CCCCOc1ccc(C(=O)Nc2ccc(C(=O)N3CCCCCC3)cc2)cc1. The van der Waals surface area contributed by atoms with E-state index in [1.807, 2.05) is 17.0 Å². The Morgan fingerprint density at radius 3 is 2.14 bits per heavy atom. The normalized spacial score (nSPS) is 14.2. The van der Waals surface area contributed by atoms with E-state index in [0.29, 0.717) is 23.4 Å². The molecule has 1 heterocycles. The van der Waals surface area contributed by atoms with Crippen LogP contribution in [0.25, 0.3) is 0 Å². The maximum atomic E-state index is 12.7. The number of hydrogen-bond acceptors (Lipinski definition) is 3. The molecule has 5 nitrogen and oxygen atoms in total. The Morgan fingerprint density at radius 2 is 1.52 bits per heavy atom. The molecule has 1 saturated heterocycles. The third kappa shape index (κ3) is 6.08. The van der Waals surface area contributed by atoms with Gasteiger partial charge in [-0.2, -0.15) is 0 Å². The van der Waals surface area contributed by atoms with Crippen LogP contribution in [0.15, 0.2) is 48.5 Å². The van der Waals surface area contributed by atoms with Crippen LogP contribution >= 0.6 is 0 Å². The van der Waals surface area contributed by atoms with E-state index in [4.69, 9.17) is 4.74 Å². The van der Waals surface area contributed by atoms with Gasteiger partial charge in [0.1, 0.15) is 5.75 Å². The average Bonchev–Trinajstić information content (AvgIpc) is 3.04. The molecule has 0 aliphatic carbocycles. The van der Waals surface area contributed by atoms with Gasteiger partial charge in [0.2, 0.25) is 0 Å². The molecule has 0 unspecified atom stereocenters. The zero-order valence-electron chi connectivity index (χ0n) is 17.2. The average molecular weight is 395 g/mol. The summed E-state index contributed by atoms with van der Waals surface area (Å²) in [4.78, 5) is 27.1. The van der Waals surface area contributed by atoms with Crippen LogP contribution in [0.5, 0.6) is 5.75 Å². The highest BCUT2D eigenvalue weighted by atomic mass is 16.5. The minimum atomic E-state index is -0.184. The number of carbonyl (C=O) groups is 2. The van der Waals surface area contributed by atoms with Gasteiger partial charge in [-0.3, -0.25) is 9.59 Å². The highest BCUT2D eigenvalue weighted by molar-refractivity contribution is 6.04. The Bertz CT molecular complexity index is 792. The van der Waals surface area contributed by atoms with Gasteiger partial charge in [0.15, 0.2) is 0 Å². The fraction of sp³-hybridized carbons (Fsp3) is 0.417. The lowest BCUT2D eigenvalue weighted by atomic mass is 10.1. The van der Waals surface area contributed by atoms with E-state index >= 15 is 0 Å². The summed E-state index contributed by atoms with van der Waals surface area (Å²) in [7, 11) is 0. The van der Waals surface area contributed by atoms with Crippen molar-refractivity contribution >= 4 is 17.5 Å². The maximum Gasteiger partial charge on any atom is 0.255 e. The molecule has 0 atom stereocenters. The monoisotopic (exact) mass is 394 g/mol. The molecule has 1 aliphatic heterocycles. The van der Waals surface area contributed by atoms with Gasteiger partial charge in [0, 0.05) is 29.9 Å². The first-order valence-electron chi connectivity index (χ1n) is 10.6. The van der Waals surface area contributed by atoms with E-state index in [2.05, 4.69) is 12.2 Å². The van der Waals surface area contributed by atoms with Crippen molar-refractivity contribution in [1.82, 2.24) is 4.90 Å². The second kappa shape index (κ2) is 10.6. The molecule has 0 radical (unpaired) electrons. The third-order valence-electron chi connectivity index (χ3n) is 5.17. The number of likely N-dealkylation sites (tertiary alicyclic amines) is 1. The Kier molecular flexibility index (Phi) is 7.68. The third-order valence-corrected chi connectivity index (χ3v) is 5.17. The highest BCUT2D eigenvalue weighted by Gasteiger charge is 2.17. The summed E-state index contributed by atoms with van der Waals surface area (Å²) < 4.78 is 5.63. The molecular weight excluding hydrogens is 364 g/mol. The second-order valence-electron chi connectivity index (χ2n) is 7.46. The number of hydrogen-bond donors (Lipinski definition) is 1. The Hall–Kier alpha value is -2.82. The Balaban J connectivity index is 1.56. The number of rotatable bonds is 7. The van der Waals surface area contributed by atoms with E-state index in [9.17, 15) is 9.59 Å². The zero-order chi connectivity index (χ0) is 20.5. The standard InChI is InChI=1S/C24H30N2O3/c1-2-3-18-29-22-14-10-19(11-15-22)23(27)25-21-12-8-20(9-13-21)24(28)26-16-6-4-5-7-17-26/h8-15H,2-7,16-18H2,1H3,(H,25,27). The van der Waals surface area contributed by atoms with Crippen molar-refractivity contribution in [3.63, 3.8) is 0 Å². The number of amides is 2. The summed E-state index contributed by atoms with van der Waals surface area (Å²) in [5.74, 6) is 0.659. The summed E-state index contributed by atoms with van der Waals surface area (Å²) in [6.07, 6.45) is 6.63. The topological polar surface area (TPSA) is 58.6 Å². The predicted molar refractivity (Wildman–Crippen MR) is 116 cm³/mol. The van der Waals surface area contributed by atoms with Crippen molar-refractivity contribution in [2.24, 2.45) is 0 Å². The van der Waals surface area contributed by atoms with Crippen LogP contribution in [0.1, 0.15) is 66.2 Å². The first-order valence-corrected chi connectivity index (χ1v) is 10.6. The first kappa shape index (κ1) is 20.9. The fourth-order valence-corrected chi connectivity index (χ4v) is 3.39. The molecule has 1 aliphatic rings. The van der Waals surface area contributed by atoms with Crippen molar-refractivity contribution < 1.29 is 14.3 Å². The van der Waals surface area contributed by atoms with Crippen LogP contribution in [0.2, 0.25) is 0 Å². The fourth-order valence-electron chi connectivity index (χ4n) is 3.39. The molecule has 0 spiro atoms. The van der Waals surface area contributed by atoms with Crippen molar-refractivity contribution in [3.8, 4) is 5.75 Å². The second-order valence-corrected chi connectivity index (χ2v) is 7.46. The lowest BCUT2D eigenvalue weighted by Gasteiger charge is -2.20. The Labute approximate surface area is 173 Å². The summed E-state index contributed by atoms with van der Waals surface area (Å²) in [5.41, 5.74) is 1.90. The highest BCUT2D eigenvalue weighted by Crippen LogP contribution is 2.17. The van der Waals surface area contributed by atoms with Gasteiger partial charge in [-0.05, 0) is 67.8 Å². The van der Waals surface area contributed by atoms with Crippen molar-refractivity contribution in [3.05, 3.63) is 59.7 Å². The summed E-state index contributed by atoms with van der Waals surface area (Å²) in [6.45, 7) is 4.46. The minimum Gasteiger partial charge on any atom is -0.494 e. The molecule has 1 N–H and O–H groups in total. The van der Waals surface area contributed by atoms with Gasteiger partial charge >= 0.3 is 0 Å². The molecule has 3 rings (SSSR count). The van der Waals surface area contributed by atoms with E-state index in [1.54, 1.807) is 36.4 Å². The number of nitrogens with one attached hydrogen (secondary N) is 1.